The number of carbonyl (C=O) groups is 2. The molecule has 1 saturated heterocycles. The molecule has 1 rings (SSSR count). The molecule has 2 atom stereocenters. The molecule has 0 saturated carbocycles. The predicted molar refractivity (Wildman–Crippen MR) is 87.7 cm³/mol. The van der Waals surface area contributed by atoms with Gasteiger partial charge in [-0.2, -0.15) is 0 Å². The van der Waals surface area contributed by atoms with Gasteiger partial charge in [0.2, 0.25) is 11.8 Å². The van der Waals surface area contributed by atoms with Gasteiger partial charge in [-0.25, -0.2) is 8.42 Å². The highest BCUT2D eigenvalue weighted by Gasteiger charge is 2.29. The Labute approximate surface area is 138 Å². The zero-order chi connectivity index (χ0) is 17.6. The van der Waals surface area contributed by atoms with E-state index in [1.54, 1.807) is 13.8 Å². The van der Waals surface area contributed by atoms with Crippen molar-refractivity contribution in [2.24, 2.45) is 5.92 Å². The Balaban J connectivity index is 2.40. The number of nitrogens with one attached hydrogen (secondary N) is 1. The summed E-state index contributed by atoms with van der Waals surface area (Å²) in [5, 5.41) is 2.63. The van der Waals surface area contributed by atoms with Crippen LogP contribution in [0.3, 0.4) is 0 Å². The molecule has 0 radical (unpaired) electrons. The lowest BCUT2D eigenvalue weighted by atomic mass is 10.1. The van der Waals surface area contributed by atoms with E-state index in [4.69, 9.17) is 4.74 Å². The summed E-state index contributed by atoms with van der Waals surface area (Å²) in [6.45, 7) is 8.27. The van der Waals surface area contributed by atoms with E-state index in [-0.39, 0.29) is 36.4 Å². The summed E-state index contributed by atoms with van der Waals surface area (Å²) in [4.78, 5) is 25.7. The summed E-state index contributed by atoms with van der Waals surface area (Å²) < 4.78 is 28.2. The van der Waals surface area contributed by atoms with Crippen molar-refractivity contribution >= 4 is 21.7 Å². The van der Waals surface area contributed by atoms with Crippen molar-refractivity contribution < 1.29 is 22.7 Å². The highest BCUT2D eigenvalue weighted by atomic mass is 32.2. The van der Waals surface area contributed by atoms with Gasteiger partial charge in [0, 0.05) is 19.7 Å². The molecule has 23 heavy (non-hydrogen) atoms. The fourth-order valence-corrected chi connectivity index (χ4v) is 3.36. The maximum atomic E-state index is 12.2. The first-order chi connectivity index (χ1) is 10.6. The SMILES string of the molecule is CC(C)CCO[C@H](C)C(=O)N[C@H](C)C(=O)N1CCS(=O)(=O)CC1. The van der Waals surface area contributed by atoms with Crippen molar-refractivity contribution in [3.63, 3.8) is 0 Å². The molecule has 0 aromatic carbocycles. The molecule has 134 valence electrons. The van der Waals surface area contributed by atoms with Crippen molar-refractivity contribution in [3.8, 4) is 0 Å². The lowest BCUT2D eigenvalue weighted by Crippen LogP contribution is -2.53. The second-order valence-corrected chi connectivity index (χ2v) is 8.71. The zero-order valence-electron chi connectivity index (χ0n) is 14.4. The van der Waals surface area contributed by atoms with Crippen molar-refractivity contribution in [2.75, 3.05) is 31.2 Å². The van der Waals surface area contributed by atoms with Crippen molar-refractivity contribution in [1.29, 1.82) is 0 Å². The molecule has 1 aliphatic heterocycles. The van der Waals surface area contributed by atoms with Gasteiger partial charge in [0.05, 0.1) is 11.5 Å². The number of nitrogens with zero attached hydrogens (tertiary/aromatic N) is 1. The first kappa shape index (κ1) is 19.9. The second kappa shape index (κ2) is 8.63. The normalized spacial score (nSPS) is 20.1. The van der Waals surface area contributed by atoms with Crippen LogP contribution in [0.5, 0.6) is 0 Å². The molecular formula is C15H28N2O5S. The highest BCUT2D eigenvalue weighted by Crippen LogP contribution is 2.06. The highest BCUT2D eigenvalue weighted by molar-refractivity contribution is 7.91. The maximum Gasteiger partial charge on any atom is 0.249 e. The van der Waals surface area contributed by atoms with Crippen LogP contribution in [0.4, 0.5) is 0 Å². The quantitative estimate of drug-likeness (QED) is 0.709. The van der Waals surface area contributed by atoms with E-state index in [9.17, 15) is 18.0 Å². The number of hydrogen-bond donors (Lipinski definition) is 1. The zero-order valence-corrected chi connectivity index (χ0v) is 15.2. The average Bonchev–Trinajstić information content (AvgIpc) is 2.45. The Morgan fingerprint density at radius 3 is 2.22 bits per heavy atom. The lowest BCUT2D eigenvalue weighted by Gasteiger charge is -2.29. The van der Waals surface area contributed by atoms with Gasteiger partial charge in [-0.05, 0) is 26.2 Å². The molecule has 2 amide bonds. The van der Waals surface area contributed by atoms with Gasteiger partial charge in [0.25, 0.3) is 0 Å². The van der Waals surface area contributed by atoms with E-state index >= 15 is 0 Å². The molecule has 1 heterocycles. The Bertz CT molecular complexity index is 504. The van der Waals surface area contributed by atoms with Gasteiger partial charge in [0.1, 0.15) is 12.1 Å². The van der Waals surface area contributed by atoms with Crippen LogP contribution in [-0.2, 0) is 24.2 Å². The number of rotatable bonds is 7. The van der Waals surface area contributed by atoms with Crippen molar-refractivity contribution in [2.45, 2.75) is 46.3 Å². The molecule has 1 fully saturated rings. The van der Waals surface area contributed by atoms with Gasteiger partial charge in [-0.1, -0.05) is 13.8 Å². The Hall–Kier alpha value is -1.15. The molecule has 0 aromatic heterocycles. The van der Waals surface area contributed by atoms with Crippen molar-refractivity contribution in [1.82, 2.24) is 10.2 Å². The smallest absolute Gasteiger partial charge is 0.249 e. The summed E-state index contributed by atoms with van der Waals surface area (Å²) in [5.74, 6) is -0.134. The monoisotopic (exact) mass is 348 g/mol. The molecule has 0 aliphatic carbocycles. The number of amides is 2. The van der Waals surface area contributed by atoms with Gasteiger partial charge in [0.15, 0.2) is 9.84 Å². The first-order valence-corrected chi connectivity index (χ1v) is 9.85. The van der Waals surface area contributed by atoms with Crippen LogP contribution in [0.2, 0.25) is 0 Å². The Kier molecular flexibility index (Phi) is 7.47. The van der Waals surface area contributed by atoms with Gasteiger partial charge in [-0.15, -0.1) is 0 Å². The topological polar surface area (TPSA) is 92.8 Å². The van der Waals surface area contributed by atoms with Crippen molar-refractivity contribution in [3.05, 3.63) is 0 Å². The van der Waals surface area contributed by atoms with Crippen LogP contribution in [0.25, 0.3) is 0 Å². The molecule has 1 aliphatic rings. The first-order valence-electron chi connectivity index (χ1n) is 8.03. The molecular weight excluding hydrogens is 320 g/mol. The summed E-state index contributed by atoms with van der Waals surface area (Å²) in [6.07, 6.45) is 0.250. The third kappa shape index (κ3) is 6.87. The molecule has 7 nitrogen and oxygen atoms in total. The third-order valence-electron chi connectivity index (χ3n) is 3.82. The minimum absolute atomic E-state index is 0.0197. The summed E-state index contributed by atoms with van der Waals surface area (Å²) in [6, 6.07) is -0.695. The predicted octanol–water partition coefficient (Wildman–Crippen LogP) is 0.199. The van der Waals surface area contributed by atoms with Gasteiger partial charge in [-0.3, -0.25) is 9.59 Å². The summed E-state index contributed by atoms with van der Waals surface area (Å²) >= 11 is 0. The van der Waals surface area contributed by atoms with Crippen LogP contribution in [0.1, 0.15) is 34.1 Å². The Morgan fingerprint density at radius 1 is 1.13 bits per heavy atom. The standard InChI is InChI=1S/C15H28N2O5S/c1-11(2)5-8-22-13(4)14(18)16-12(3)15(19)17-6-9-23(20,21)10-7-17/h11-13H,5-10H2,1-4H3,(H,16,18)/t12-,13-/m1/s1. The van der Waals surface area contributed by atoms with E-state index in [1.165, 1.54) is 4.90 Å². The van der Waals surface area contributed by atoms with Crippen LogP contribution in [0, 0.1) is 5.92 Å². The van der Waals surface area contributed by atoms with E-state index in [1.807, 2.05) is 0 Å². The summed E-state index contributed by atoms with van der Waals surface area (Å²) in [5.41, 5.74) is 0. The molecule has 1 N–H and O–H groups in total. The Morgan fingerprint density at radius 2 is 1.70 bits per heavy atom. The van der Waals surface area contributed by atoms with Crippen LogP contribution >= 0.6 is 0 Å². The largest absolute Gasteiger partial charge is 0.369 e. The second-order valence-electron chi connectivity index (χ2n) is 6.40. The number of carbonyl (C=O) groups excluding carboxylic acids is 2. The van der Waals surface area contributed by atoms with E-state index < -0.39 is 22.0 Å². The minimum Gasteiger partial charge on any atom is -0.369 e. The average molecular weight is 348 g/mol. The van der Waals surface area contributed by atoms with Crippen LogP contribution in [0.15, 0.2) is 0 Å². The number of sulfone groups is 1. The summed E-state index contributed by atoms with van der Waals surface area (Å²) in [7, 11) is -3.03. The molecule has 0 aromatic rings. The van der Waals surface area contributed by atoms with E-state index in [0.29, 0.717) is 12.5 Å². The minimum atomic E-state index is -3.03. The fourth-order valence-electron chi connectivity index (χ4n) is 2.16. The van der Waals surface area contributed by atoms with Crippen LogP contribution in [-0.4, -0.2) is 68.5 Å². The van der Waals surface area contributed by atoms with Crippen LogP contribution < -0.4 is 5.32 Å². The van der Waals surface area contributed by atoms with Gasteiger partial charge >= 0.3 is 0 Å². The molecule has 0 bridgehead atoms. The molecule has 0 unspecified atom stereocenters. The molecule has 0 spiro atoms. The lowest BCUT2D eigenvalue weighted by molar-refractivity contribution is -0.139. The number of ether oxygens (including phenoxy) is 1. The fraction of sp³-hybridized carbons (Fsp3) is 0.867. The maximum absolute atomic E-state index is 12.2. The van der Waals surface area contributed by atoms with Gasteiger partial charge < -0.3 is 15.0 Å². The molecule has 8 heteroatoms. The van der Waals surface area contributed by atoms with E-state index in [2.05, 4.69) is 19.2 Å². The number of hydrogen-bond acceptors (Lipinski definition) is 5. The van der Waals surface area contributed by atoms with E-state index in [0.717, 1.165) is 6.42 Å². The third-order valence-corrected chi connectivity index (χ3v) is 5.43.